The summed E-state index contributed by atoms with van der Waals surface area (Å²) in [5.74, 6) is 0.435. The van der Waals surface area contributed by atoms with Gasteiger partial charge in [0.05, 0.1) is 0 Å². The normalized spacial score (nSPS) is 18.3. The maximum absolute atomic E-state index is 12.1. The lowest BCUT2D eigenvalue weighted by atomic mass is 9.97. The van der Waals surface area contributed by atoms with Gasteiger partial charge < -0.3 is 9.64 Å². The van der Waals surface area contributed by atoms with Gasteiger partial charge in [0.15, 0.2) is 0 Å². The molecule has 1 unspecified atom stereocenters. The van der Waals surface area contributed by atoms with Gasteiger partial charge in [-0.1, -0.05) is 42.5 Å². The summed E-state index contributed by atoms with van der Waals surface area (Å²) < 4.78 is 5.45. The first-order valence-electron chi connectivity index (χ1n) is 8.12. The number of aryl methyl sites for hydroxylation is 1. The molecule has 0 aromatic heterocycles. The van der Waals surface area contributed by atoms with E-state index in [1.54, 1.807) is 4.90 Å². The van der Waals surface area contributed by atoms with Crippen molar-refractivity contribution in [1.29, 1.82) is 0 Å². The Balaban J connectivity index is 1.77. The van der Waals surface area contributed by atoms with Crippen LogP contribution >= 0.6 is 0 Å². The van der Waals surface area contributed by atoms with Crippen LogP contribution in [0.3, 0.4) is 0 Å². The number of carbonyl (C=O) groups excluding carboxylic acids is 1. The summed E-state index contributed by atoms with van der Waals surface area (Å²) >= 11 is 0. The summed E-state index contributed by atoms with van der Waals surface area (Å²) in [6.45, 7) is 7.14. The highest BCUT2D eigenvalue weighted by molar-refractivity contribution is 5.68. The Kier molecular flexibility index (Phi) is 5.64. The van der Waals surface area contributed by atoms with Crippen molar-refractivity contribution in [2.45, 2.75) is 45.6 Å². The van der Waals surface area contributed by atoms with Crippen molar-refractivity contribution in [3.05, 3.63) is 48.0 Å². The third kappa shape index (κ3) is 5.55. The largest absolute Gasteiger partial charge is 0.444 e. The van der Waals surface area contributed by atoms with Gasteiger partial charge in [0.2, 0.25) is 0 Å². The van der Waals surface area contributed by atoms with E-state index in [-0.39, 0.29) is 6.09 Å². The number of ether oxygens (including phenoxy) is 1. The molecule has 1 aliphatic rings. The van der Waals surface area contributed by atoms with Crippen molar-refractivity contribution in [3.8, 4) is 0 Å². The van der Waals surface area contributed by atoms with E-state index in [0.717, 1.165) is 25.8 Å². The average molecular weight is 301 g/mol. The zero-order chi connectivity index (χ0) is 16.0. The standard InChI is InChI=1S/C19H27NO2/c1-19(2,3)22-18(21)20-14-8-13-17(15-20)12-7-11-16-9-5-4-6-10-16/h4-6,8-10,13,17H,7,11-12,14-15H2,1-3H3. The van der Waals surface area contributed by atoms with Crippen LogP contribution in [0.2, 0.25) is 0 Å². The van der Waals surface area contributed by atoms with Crippen LogP contribution in [0.4, 0.5) is 4.79 Å². The smallest absolute Gasteiger partial charge is 0.410 e. The Hall–Kier alpha value is -1.77. The van der Waals surface area contributed by atoms with Crippen LogP contribution in [0.25, 0.3) is 0 Å². The Bertz CT molecular complexity index is 502. The first-order chi connectivity index (χ1) is 10.4. The van der Waals surface area contributed by atoms with E-state index in [1.807, 2.05) is 26.8 Å². The fraction of sp³-hybridized carbons (Fsp3) is 0.526. The number of hydrogen-bond donors (Lipinski definition) is 0. The maximum atomic E-state index is 12.1. The summed E-state index contributed by atoms with van der Waals surface area (Å²) in [7, 11) is 0. The molecule has 22 heavy (non-hydrogen) atoms. The highest BCUT2D eigenvalue weighted by Gasteiger charge is 2.24. The second-order valence-corrected chi connectivity index (χ2v) is 6.95. The van der Waals surface area contributed by atoms with Gasteiger partial charge in [-0.25, -0.2) is 4.79 Å². The first kappa shape index (κ1) is 16.6. The fourth-order valence-electron chi connectivity index (χ4n) is 2.68. The van der Waals surface area contributed by atoms with Crippen LogP contribution in [-0.4, -0.2) is 29.7 Å². The molecule has 1 aliphatic heterocycles. The summed E-state index contributed by atoms with van der Waals surface area (Å²) in [4.78, 5) is 13.9. The molecule has 1 heterocycles. The van der Waals surface area contributed by atoms with Gasteiger partial charge in [0.25, 0.3) is 0 Å². The fourth-order valence-corrected chi connectivity index (χ4v) is 2.68. The first-order valence-corrected chi connectivity index (χ1v) is 8.12. The highest BCUT2D eigenvalue weighted by Crippen LogP contribution is 2.19. The molecule has 0 fully saturated rings. The zero-order valence-corrected chi connectivity index (χ0v) is 13.9. The lowest BCUT2D eigenvalue weighted by molar-refractivity contribution is 0.0242. The van der Waals surface area contributed by atoms with Gasteiger partial charge in [0, 0.05) is 13.1 Å². The molecule has 0 saturated carbocycles. The average Bonchev–Trinajstić information content (AvgIpc) is 2.47. The molecule has 0 radical (unpaired) electrons. The predicted molar refractivity (Wildman–Crippen MR) is 89.8 cm³/mol. The van der Waals surface area contributed by atoms with Crippen molar-refractivity contribution >= 4 is 6.09 Å². The van der Waals surface area contributed by atoms with Crippen LogP contribution in [0.5, 0.6) is 0 Å². The number of hydrogen-bond acceptors (Lipinski definition) is 2. The molecule has 1 amide bonds. The van der Waals surface area contributed by atoms with Crippen LogP contribution in [-0.2, 0) is 11.2 Å². The molecule has 0 spiro atoms. The summed E-state index contributed by atoms with van der Waals surface area (Å²) in [6, 6.07) is 10.6. The molecular formula is C19H27NO2. The molecule has 1 aromatic rings. The second kappa shape index (κ2) is 7.48. The SMILES string of the molecule is CC(C)(C)OC(=O)N1CC=CC(CCCc2ccccc2)C1. The molecule has 3 nitrogen and oxygen atoms in total. The molecule has 0 bridgehead atoms. The summed E-state index contributed by atoms with van der Waals surface area (Å²) in [6.07, 6.45) is 7.46. The van der Waals surface area contributed by atoms with Crippen LogP contribution in [0, 0.1) is 5.92 Å². The van der Waals surface area contributed by atoms with Crippen molar-refractivity contribution < 1.29 is 9.53 Å². The third-order valence-electron chi connectivity index (χ3n) is 3.72. The molecule has 0 saturated heterocycles. The Morgan fingerprint density at radius 3 is 2.68 bits per heavy atom. The molecule has 0 N–H and O–H groups in total. The summed E-state index contributed by atoms with van der Waals surface area (Å²) in [5.41, 5.74) is 0.951. The summed E-state index contributed by atoms with van der Waals surface area (Å²) in [5, 5.41) is 0. The maximum Gasteiger partial charge on any atom is 0.410 e. The quantitative estimate of drug-likeness (QED) is 0.770. The van der Waals surface area contributed by atoms with E-state index in [0.29, 0.717) is 12.5 Å². The number of rotatable bonds is 4. The van der Waals surface area contributed by atoms with Gasteiger partial charge >= 0.3 is 6.09 Å². The number of benzene rings is 1. The lowest BCUT2D eigenvalue weighted by Gasteiger charge is -2.31. The van der Waals surface area contributed by atoms with E-state index in [9.17, 15) is 4.79 Å². The molecule has 2 rings (SSSR count). The number of nitrogens with zero attached hydrogens (tertiary/aromatic N) is 1. The van der Waals surface area contributed by atoms with Crippen molar-refractivity contribution in [1.82, 2.24) is 4.90 Å². The molecule has 3 heteroatoms. The Morgan fingerprint density at radius 2 is 2.00 bits per heavy atom. The van der Waals surface area contributed by atoms with Crippen LogP contribution in [0.1, 0.15) is 39.2 Å². The monoisotopic (exact) mass is 301 g/mol. The molecule has 1 aromatic carbocycles. The van der Waals surface area contributed by atoms with Crippen LogP contribution in [0.15, 0.2) is 42.5 Å². The second-order valence-electron chi connectivity index (χ2n) is 6.95. The van der Waals surface area contributed by atoms with Crippen molar-refractivity contribution in [3.63, 3.8) is 0 Å². The molecule has 120 valence electrons. The van der Waals surface area contributed by atoms with E-state index in [1.165, 1.54) is 5.56 Å². The molecule has 0 aliphatic carbocycles. The van der Waals surface area contributed by atoms with E-state index < -0.39 is 5.60 Å². The topological polar surface area (TPSA) is 29.5 Å². The molecular weight excluding hydrogens is 274 g/mol. The number of amides is 1. The van der Waals surface area contributed by atoms with Gasteiger partial charge in [-0.3, -0.25) is 0 Å². The Labute approximate surface area is 134 Å². The zero-order valence-electron chi connectivity index (χ0n) is 13.9. The van der Waals surface area contributed by atoms with Gasteiger partial charge in [-0.15, -0.1) is 0 Å². The van der Waals surface area contributed by atoms with Crippen LogP contribution < -0.4 is 0 Å². The van der Waals surface area contributed by atoms with Gasteiger partial charge in [-0.2, -0.15) is 0 Å². The number of carbonyl (C=O) groups is 1. The third-order valence-corrected chi connectivity index (χ3v) is 3.72. The Morgan fingerprint density at radius 1 is 1.27 bits per heavy atom. The predicted octanol–water partition coefficient (Wildman–Crippen LogP) is 4.43. The molecule has 1 atom stereocenters. The minimum absolute atomic E-state index is 0.204. The van der Waals surface area contributed by atoms with E-state index >= 15 is 0 Å². The van der Waals surface area contributed by atoms with Gasteiger partial charge in [-0.05, 0) is 51.5 Å². The minimum atomic E-state index is -0.430. The van der Waals surface area contributed by atoms with E-state index in [2.05, 4.69) is 36.4 Å². The lowest BCUT2D eigenvalue weighted by Crippen LogP contribution is -2.41. The highest BCUT2D eigenvalue weighted by atomic mass is 16.6. The van der Waals surface area contributed by atoms with E-state index in [4.69, 9.17) is 4.74 Å². The minimum Gasteiger partial charge on any atom is -0.444 e. The van der Waals surface area contributed by atoms with Gasteiger partial charge in [0.1, 0.15) is 5.60 Å². The van der Waals surface area contributed by atoms with Crippen molar-refractivity contribution in [2.75, 3.05) is 13.1 Å². The van der Waals surface area contributed by atoms with Crippen molar-refractivity contribution in [2.24, 2.45) is 5.92 Å².